The highest BCUT2D eigenvalue weighted by atomic mass is 32.2. The molecular formula is C25H32N2O3S2. The van der Waals surface area contributed by atoms with Crippen LogP contribution in [0.1, 0.15) is 55.6 Å². The molecule has 0 bridgehead atoms. The summed E-state index contributed by atoms with van der Waals surface area (Å²) < 4.78 is 28.6. The SMILES string of the molecule is O=S(=O)(c1cccs1)N1CCCCN2[C@H](CO)[C@H](c3ccc(C4=CCCCC4)cc3)[C@@H]2C1. The molecule has 2 aliphatic heterocycles. The van der Waals surface area contributed by atoms with Gasteiger partial charge in [-0.05, 0) is 73.2 Å². The molecule has 0 spiro atoms. The molecule has 0 unspecified atom stereocenters. The highest BCUT2D eigenvalue weighted by Gasteiger charge is 2.50. The summed E-state index contributed by atoms with van der Waals surface area (Å²) in [5, 5.41) is 12.0. The van der Waals surface area contributed by atoms with Gasteiger partial charge in [-0.2, -0.15) is 4.31 Å². The first-order valence-electron chi connectivity index (χ1n) is 11.8. The fourth-order valence-electron chi connectivity index (χ4n) is 5.68. The van der Waals surface area contributed by atoms with Gasteiger partial charge < -0.3 is 5.11 Å². The fraction of sp³-hybridized carbons (Fsp3) is 0.520. The molecule has 1 aliphatic carbocycles. The Morgan fingerprint density at radius 2 is 1.84 bits per heavy atom. The van der Waals surface area contributed by atoms with Crippen LogP contribution in [-0.4, -0.2) is 61.1 Å². The second kappa shape index (κ2) is 9.39. The van der Waals surface area contributed by atoms with E-state index in [1.54, 1.807) is 16.4 Å². The van der Waals surface area contributed by atoms with E-state index in [9.17, 15) is 13.5 Å². The first-order chi connectivity index (χ1) is 15.6. The van der Waals surface area contributed by atoms with Crippen molar-refractivity contribution in [1.29, 1.82) is 0 Å². The second-order valence-corrected chi connectivity index (χ2v) is 12.3. The summed E-state index contributed by atoms with van der Waals surface area (Å²) in [5.74, 6) is 0.147. The Morgan fingerprint density at radius 1 is 1.03 bits per heavy atom. The molecule has 5 nitrogen and oxygen atoms in total. The molecule has 0 amide bonds. The Hall–Kier alpha value is -1.51. The van der Waals surface area contributed by atoms with Crippen LogP contribution in [0.2, 0.25) is 0 Å². The van der Waals surface area contributed by atoms with Gasteiger partial charge in [0.2, 0.25) is 0 Å². The summed E-state index contributed by atoms with van der Waals surface area (Å²) in [6.07, 6.45) is 9.01. The minimum atomic E-state index is -3.48. The maximum Gasteiger partial charge on any atom is 0.252 e. The van der Waals surface area contributed by atoms with Crippen molar-refractivity contribution in [3.05, 3.63) is 59.0 Å². The van der Waals surface area contributed by atoms with E-state index in [0.717, 1.165) is 32.2 Å². The monoisotopic (exact) mass is 472 g/mol. The lowest BCUT2D eigenvalue weighted by molar-refractivity contribution is -0.0553. The maximum atomic E-state index is 13.3. The normalized spacial score (nSPS) is 27.7. The average Bonchev–Trinajstić information content (AvgIpc) is 3.35. The summed E-state index contributed by atoms with van der Waals surface area (Å²) in [6.45, 7) is 2.07. The molecule has 3 aliphatic rings. The molecule has 1 aromatic carbocycles. The summed E-state index contributed by atoms with van der Waals surface area (Å²) in [7, 11) is -3.48. The Morgan fingerprint density at radius 3 is 2.53 bits per heavy atom. The van der Waals surface area contributed by atoms with E-state index < -0.39 is 10.0 Å². The van der Waals surface area contributed by atoms with Gasteiger partial charge in [-0.25, -0.2) is 8.42 Å². The number of hydrogen-bond acceptors (Lipinski definition) is 5. The van der Waals surface area contributed by atoms with Gasteiger partial charge in [0.25, 0.3) is 10.0 Å². The van der Waals surface area contributed by atoms with Crippen LogP contribution in [0.25, 0.3) is 5.57 Å². The maximum absolute atomic E-state index is 13.3. The third-order valence-electron chi connectivity index (χ3n) is 7.38. The Bertz CT molecular complexity index is 1050. The number of fused-ring (bicyclic) bond motifs is 1. The van der Waals surface area contributed by atoms with Gasteiger partial charge in [0.05, 0.1) is 6.61 Å². The lowest BCUT2D eigenvalue weighted by Crippen LogP contribution is -2.67. The lowest BCUT2D eigenvalue weighted by atomic mass is 9.74. The minimum Gasteiger partial charge on any atom is -0.395 e. The van der Waals surface area contributed by atoms with Gasteiger partial charge in [0, 0.05) is 31.1 Å². The Kier molecular flexibility index (Phi) is 6.54. The van der Waals surface area contributed by atoms with E-state index in [1.807, 2.05) is 5.38 Å². The fourth-order valence-corrected chi connectivity index (χ4v) is 8.33. The van der Waals surface area contributed by atoms with Crippen molar-refractivity contribution >= 4 is 26.9 Å². The first kappa shape index (κ1) is 22.3. The largest absolute Gasteiger partial charge is 0.395 e. The number of allylic oxidation sites excluding steroid dienone is 2. The van der Waals surface area contributed by atoms with Crippen LogP contribution < -0.4 is 0 Å². The molecule has 3 heterocycles. The predicted octanol–water partition coefficient (Wildman–Crippen LogP) is 4.32. The Balaban J connectivity index is 1.40. The molecule has 3 atom stereocenters. The molecular weight excluding hydrogens is 440 g/mol. The number of nitrogens with zero attached hydrogens (tertiary/aromatic N) is 2. The number of hydrogen-bond donors (Lipinski definition) is 1. The van der Waals surface area contributed by atoms with Gasteiger partial charge in [-0.1, -0.05) is 36.4 Å². The topological polar surface area (TPSA) is 60.9 Å². The molecule has 0 radical (unpaired) electrons. The van der Waals surface area contributed by atoms with Gasteiger partial charge in [0.15, 0.2) is 0 Å². The number of aliphatic hydroxyl groups is 1. The second-order valence-electron chi connectivity index (χ2n) is 9.18. The van der Waals surface area contributed by atoms with Crippen LogP contribution in [0, 0.1) is 0 Å². The van der Waals surface area contributed by atoms with Crippen molar-refractivity contribution in [2.45, 2.75) is 60.7 Å². The average molecular weight is 473 g/mol. The van der Waals surface area contributed by atoms with Crippen LogP contribution in [-0.2, 0) is 10.0 Å². The smallest absolute Gasteiger partial charge is 0.252 e. The number of thiophene rings is 1. The molecule has 1 aromatic heterocycles. The van der Waals surface area contributed by atoms with Crippen molar-refractivity contribution in [3.8, 4) is 0 Å². The molecule has 2 aromatic rings. The zero-order valence-corrected chi connectivity index (χ0v) is 20.0. The van der Waals surface area contributed by atoms with E-state index in [0.29, 0.717) is 17.3 Å². The summed E-state index contributed by atoms with van der Waals surface area (Å²) in [6, 6.07) is 12.5. The number of rotatable bonds is 5. The molecule has 2 fully saturated rings. The van der Waals surface area contributed by atoms with Crippen LogP contribution >= 0.6 is 11.3 Å². The van der Waals surface area contributed by atoms with Crippen molar-refractivity contribution < 1.29 is 13.5 Å². The van der Waals surface area contributed by atoms with Crippen LogP contribution in [0.4, 0.5) is 0 Å². The van der Waals surface area contributed by atoms with Gasteiger partial charge >= 0.3 is 0 Å². The van der Waals surface area contributed by atoms with Crippen molar-refractivity contribution in [2.24, 2.45) is 0 Å². The van der Waals surface area contributed by atoms with Crippen molar-refractivity contribution in [1.82, 2.24) is 9.21 Å². The van der Waals surface area contributed by atoms with Gasteiger partial charge in [0.1, 0.15) is 4.21 Å². The molecule has 1 N–H and O–H groups in total. The summed E-state index contributed by atoms with van der Waals surface area (Å²) in [4.78, 5) is 2.33. The zero-order chi connectivity index (χ0) is 22.1. The van der Waals surface area contributed by atoms with Gasteiger partial charge in [-0.3, -0.25) is 4.90 Å². The summed E-state index contributed by atoms with van der Waals surface area (Å²) in [5.41, 5.74) is 3.94. The highest BCUT2D eigenvalue weighted by molar-refractivity contribution is 7.91. The summed E-state index contributed by atoms with van der Waals surface area (Å²) >= 11 is 1.28. The zero-order valence-electron chi connectivity index (χ0n) is 18.4. The Labute approximate surface area is 195 Å². The first-order valence-corrected chi connectivity index (χ1v) is 14.1. The highest BCUT2D eigenvalue weighted by Crippen LogP contribution is 2.43. The standard InChI is InChI=1S/C25H32N2O3S2/c28-18-23-25(21-12-10-20(11-13-21)19-7-2-1-3-8-19)22-17-26(14-4-5-15-27(22)23)32(29,30)24-9-6-16-31-24/h6-7,9-13,16,22-23,25,28H,1-5,8,14-15,17-18H2/t22-,23+,25+/m0/s1. The van der Waals surface area contributed by atoms with Crippen molar-refractivity contribution in [2.75, 3.05) is 26.2 Å². The van der Waals surface area contributed by atoms with E-state index >= 15 is 0 Å². The molecule has 32 heavy (non-hydrogen) atoms. The molecule has 2 saturated heterocycles. The third kappa shape index (κ3) is 4.10. The minimum absolute atomic E-state index is 0.0594. The molecule has 0 saturated carbocycles. The van der Waals surface area contributed by atoms with E-state index in [2.05, 4.69) is 35.2 Å². The van der Waals surface area contributed by atoms with E-state index in [1.165, 1.54) is 40.9 Å². The van der Waals surface area contributed by atoms with E-state index in [-0.39, 0.29) is 24.6 Å². The number of benzene rings is 1. The number of sulfonamides is 1. The van der Waals surface area contributed by atoms with Crippen LogP contribution in [0.3, 0.4) is 0 Å². The molecule has 7 heteroatoms. The lowest BCUT2D eigenvalue weighted by Gasteiger charge is -2.57. The van der Waals surface area contributed by atoms with Crippen LogP contribution in [0.5, 0.6) is 0 Å². The quantitative estimate of drug-likeness (QED) is 0.704. The molecule has 5 rings (SSSR count). The van der Waals surface area contributed by atoms with E-state index in [4.69, 9.17) is 0 Å². The van der Waals surface area contributed by atoms with Crippen molar-refractivity contribution in [3.63, 3.8) is 0 Å². The number of aliphatic hydroxyl groups excluding tert-OH is 1. The molecule has 172 valence electrons. The van der Waals surface area contributed by atoms with Gasteiger partial charge in [-0.15, -0.1) is 11.3 Å². The predicted molar refractivity (Wildman–Crippen MR) is 129 cm³/mol. The third-order valence-corrected chi connectivity index (χ3v) is 10.6. The van der Waals surface area contributed by atoms with Crippen LogP contribution in [0.15, 0.2) is 52.1 Å².